The molecule has 194 valence electrons. The minimum absolute atomic E-state index is 0.0532. The van der Waals surface area contributed by atoms with Crippen molar-refractivity contribution in [1.29, 1.82) is 0 Å². The zero-order valence-electron chi connectivity index (χ0n) is 22.6. The molecular formula is C27H41BO7. The summed E-state index contributed by atoms with van der Waals surface area (Å²) in [5, 5.41) is 10.5. The van der Waals surface area contributed by atoms with Gasteiger partial charge in [0, 0.05) is 6.32 Å². The summed E-state index contributed by atoms with van der Waals surface area (Å²) in [6.45, 7) is 16.1. The number of benzene rings is 1. The monoisotopic (exact) mass is 488 g/mol. The first kappa shape index (κ1) is 26.5. The molecule has 1 saturated heterocycles. The molecule has 1 aliphatic heterocycles. The standard InChI is InChI=1S/C27H41BO7/c1-24(2,3)32-22(29)18-12-10-11-16(21(18)31-23(30)33-25(4,5)6)15-28-34-20-14-17-13-19(26(17,7)8)27(20,9)35-28/h10-12,17,19-20,23,30H,13-15H2,1-9H3/t17-,19-,20+,23?,27-/m0/s1. The Bertz CT molecular complexity index is 963. The van der Waals surface area contributed by atoms with Crippen LogP contribution in [-0.2, 0) is 25.1 Å². The van der Waals surface area contributed by atoms with Crippen molar-refractivity contribution in [2.45, 2.75) is 111 Å². The van der Waals surface area contributed by atoms with E-state index >= 15 is 0 Å². The van der Waals surface area contributed by atoms with E-state index in [4.69, 9.17) is 23.5 Å². The molecule has 1 N–H and O–H groups in total. The Morgan fingerprint density at radius 2 is 1.83 bits per heavy atom. The van der Waals surface area contributed by atoms with Gasteiger partial charge in [0.25, 0.3) is 0 Å². The molecule has 7 nitrogen and oxygen atoms in total. The Balaban J connectivity index is 1.59. The smallest absolute Gasteiger partial charge is 0.456 e. The first-order chi connectivity index (χ1) is 16.0. The Labute approximate surface area is 209 Å². The number of aliphatic hydroxyl groups excluding tert-OH is 1. The molecule has 2 bridgehead atoms. The van der Waals surface area contributed by atoms with E-state index in [1.807, 2.05) is 47.6 Å². The summed E-state index contributed by atoms with van der Waals surface area (Å²) in [7, 11) is -0.475. The zero-order valence-corrected chi connectivity index (χ0v) is 22.6. The van der Waals surface area contributed by atoms with Crippen LogP contribution in [0.2, 0.25) is 0 Å². The molecule has 3 saturated carbocycles. The molecule has 1 aromatic carbocycles. The van der Waals surface area contributed by atoms with Crippen molar-refractivity contribution in [3.63, 3.8) is 0 Å². The summed E-state index contributed by atoms with van der Waals surface area (Å²) in [5.74, 6) is 0.797. The van der Waals surface area contributed by atoms with Crippen LogP contribution >= 0.6 is 0 Å². The Morgan fingerprint density at radius 1 is 1.14 bits per heavy atom. The lowest BCUT2D eigenvalue weighted by Crippen LogP contribution is -2.65. The third kappa shape index (κ3) is 5.26. The van der Waals surface area contributed by atoms with Crippen LogP contribution in [0, 0.1) is 17.3 Å². The maximum atomic E-state index is 13.0. The van der Waals surface area contributed by atoms with Crippen LogP contribution in [-0.4, -0.2) is 47.6 Å². The van der Waals surface area contributed by atoms with Gasteiger partial charge in [-0.05, 0) is 90.2 Å². The van der Waals surface area contributed by atoms with E-state index in [-0.39, 0.29) is 28.4 Å². The molecule has 1 aromatic rings. The quantitative estimate of drug-likeness (QED) is 0.346. The Kier molecular flexibility index (Phi) is 6.62. The van der Waals surface area contributed by atoms with Crippen LogP contribution < -0.4 is 4.74 Å². The third-order valence-corrected chi connectivity index (χ3v) is 7.78. The largest absolute Gasteiger partial charge is 0.462 e. The molecule has 1 heterocycles. The first-order valence-electron chi connectivity index (χ1n) is 12.7. The SMILES string of the molecule is CC(C)(C)OC(=O)c1cccc(CB2O[C@@H]3C[C@@H]4C[C@@H](C4(C)C)[C@]3(C)O2)c1OC(O)OC(C)(C)C. The van der Waals surface area contributed by atoms with E-state index in [1.54, 1.807) is 12.1 Å². The first-order valence-corrected chi connectivity index (χ1v) is 12.7. The highest BCUT2D eigenvalue weighted by molar-refractivity contribution is 6.45. The summed E-state index contributed by atoms with van der Waals surface area (Å²) in [4.78, 5) is 13.0. The molecule has 0 radical (unpaired) electrons. The van der Waals surface area contributed by atoms with Crippen molar-refractivity contribution >= 4 is 13.1 Å². The molecular weight excluding hydrogens is 447 g/mol. The van der Waals surface area contributed by atoms with Gasteiger partial charge in [-0.25, -0.2) is 4.79 Å². The highest BCUT2D eigenvalue weighted by Crippen LogP contribution is 2.65. The minimum Gasteiger partial charge on any atom is -0.456 e. The number of esters is 1. The lowest BCUT2D eigenvalue weighted by Gasteiger charge is -2.64. The van der Waals surface area contributed by atoms with Gasteiger partial charge in [0.05, 0.1) is 17.3 Å². The van der Waals surface area contributed by atoms with Crippen LogP contribution in [0.15, 0.2) is 18.2 Å². The van der Waals surface area contributed by atoms with E-state index in [1.165, 1.54) is 6.42 Å². The molecule has 0 aromatic heterocycles. The van der Waals surface area contributed by atoms with E-state index in [2.05, 4.69) is 20.8 Å². The highest BCUT2D eigenvalue weighted by atomic mass is 16.8. The van der Waals surface area contributed by atoms with Gasteiger partial charge in [-0.1, -0.05) is 26.0 Å². The van der Waals surface area contributed by atoms with Gasteiger partial charge >= 0.3 is 19.6 Å². The lowest BCUT2D eigenvalue weighted by atomic mass is 9.43. The van der Waals surface area contributed by atoms with Gasteiger partial charge in [0.15, 0.2) is 0 Å². The molecule has 0 spiro atoms. The highest BCUT2D eigenvalue weighted by Gasteiger charge is 2.67. The fourth-order valence-electron chi connectivity index (χ4n) is 6.02. The summed E-state index contributed by atoms with van der Waals surface area (Å²) in [5.41, 5.74) is -0.497. The lowest BCUT2D eigenvalue weighted by molar-refractivity contribution is -0.259. The molecule has 4 fully saturated rings. The maximum Gasteiger partial charge on any atom is 0.462 e. The molecule has 35 heavy (non-hydrogen) atoms. The number of rotatable bonds is 6. The second-order valence-corrected chi connectivity index (χ2v) is 13.1. The van der Waals surface area contributed by atoms with Crippen LogP contribution in [0.1, 0.15) is 91.1 Å². The van der Waals surface area contributed by atoms with Crippen molar-refractivity contribution < 1.29 is 33.4 Å². The molecule has 4 aliphatic rings. The molecule has 0 amide bonds. The number of ether oxygens (including phenoxy) is 3. The second-order valence-electron chi connectivity index (χ2n) is 13.1. The maximum absolute atomic E-state index is 13.0. The summed E-state index contributed by atoms with van der Waals surface area (Å²) in [6, 6.07) is 5.27. The summed E-state index contributed by atoms with van der Waals surface area (Å²) in [6.07, 6.45) is 2.60. The molecule has 3 aliphatic carbocycles. The average molecular weight is 488 g/mol. The van der Waals surface area contributed by atoms with Crippen molar-refractivity contribution in [3.05, 3.63) is 29.3 Å². The average Bonchev–Trinajstić information content (AvgIpc) is 3.01. The number of hydrogen-bond acceptors (Lipinski definition) is 7. The van der Waals surface area contributed by atoms with Crippen LogP contribution in [0.3, 0.4) is 0 Å². The van der Waals surface area contributed by atoms with Gasteiger partial charge in [0.1, 0.15) is 16.9 Å². The van der Waals surface area contributed by atoms with Gasteiger partial charge in [-0.15, -0.1) is 0 Å². The van der Waals surface area contributed by atoms with Gasteiger partial charge in [-0.2, -0.15) is 0 Å². The molecule has 5 rings (SSSR count). The van der Waals surface area contributed by atoms with E-state index in [0.717, 1.165) is 6.42 Å². The van der Waals surface area contributed by atoms with E-state index in [0.29, 0.717) is 23.7 Å². The van der Waals surface area contributed by atoms with Crippen LogP contribution in [0.5, 0.6) is 5.75 Å². The predicted octanol–water partition coefficient (Wildman–Crippen LogP) is 4.92. The van der Waals surface area contributed by atoms with Crippen molar-refractivity contribution in [2.24, 2.45) is 17.3 Å². The Hall–Kier alpha value is -1.61. The predicted molar refractivity (Wildman–Crippen MR) is 133 cm³/mol. The fraction of sp³-hybridized carbons (Fsp3) is 0.741. The summed E-state index contributed by atoms with van der Waals surface area (Å²) < 4.78 is 30.0. The number of carbonyl (C=O) groups excluding carboxylic acids is 1. The number of aliphatic hydroxyl groups is 1. The zero-order chi connectivity index (χ0) is 26.0. The normalized spacial score (nSPS) is 30.3. The molecule has 1 unspecified atom stereocenters. The number of para-hydroxylation sites is 1. The van der Waals surface area contributed by atoms with Gasteiger partial charge in [0.2, 0.25) is 0 Å². The summed E-state index contributed by atoms with van der Waals surface area (Å²) >= 11 is 0. The van der Waals surface area contributed by atoms with Crippen molar-refractivity contribution in [1.82, 2.24) is 0 Å². The fourth-order valence-corrected chi connectivity index (χ4v) is 6.02. The minimum atomic E-state index is -1.56. The van der Waals surface area contributed by atoms with Crippen molar-refractivity contribution in [3.8, 4) is 5.75 Å². The third-order valence-electron chi connectivity index (χ3n) is 7.78. The number of carbonyl (C=O) groups is 1. The number of hydrogen-bond donors (Lipinski definition) is 1. The van der Waals surface area contributed by atoms with E-state index < -0.39 is 30.8 Å². The van der Waals surface area contributed by atoms with Gasteiger partial charge in [-0.3, -0.25) is 0 Å². The topological polar surface area (TPSA) is 83.5 Å². The molecule has 5 atom stereocenters. The Morgan fingerprint density at radius 3 is 2.43 bits per heavy atom. The van der Waals surface area contributed by atoms with E-state index in [9.17, 15) is 9.90 Å². The second kappa shape index (κ2) is 8.75. The van der Waals surface area contributed by atoms with Crippen LogP contribution in [0.4, 0.5) is 0 Å². The van der Waals surface area contributed by atoms with Crippen molar-refractivity contribution in [2.75, 3.05) is 0 Å². The van der Waals surface area contributed by atoms with Gasteiger partial charge < -0.3 is 28.6 Å². The van der Waals surface area contributed by atoms with Crippen LogP contribution in [0.25, 0.3) is 0 Å². The molecule has 8 heteroatoms.